The van der Waals surface area contributed by atoms with Gasteiger partial charge >= 0.3 is 0 Å². The molecule has 1 aromatic rings. The Balaban J connectivity index is 1.98. The smallest absolute Gasteiger partial charge is 0.203 e. The largest absolute Gasteiger partial charge is 0.374 e. The molecule has 0 saturated carbocycles. The number of aromatic nitrogens is 2. The molecule has 8 heteroatoms. The number of rotatable bonds is 6. The minimum Gasteiger partial charge on any atom is -0.374 e. The fourth-order valence-electron chi connectivity index (χ4n) is 0.954. The highest BCUT2D eigenvalue weighted by Crippen LogP contribution is 2.13. The fraction of sp³-hybridized carbons (Fsp3) is 0.625. The lowest BCUT2D eigenvalue weighted by atomic mass is 10.5. The van der Waals surface area contributed by atoms with Crippen LogP contribution in [0.2, 0.25) is 0 Å². The lowest BCUT2D eigenvalue weighted by Crippen LogP contribution is -2.33. The Labute approximate surface area is 109 Å². The van der Waals surface area contributed by atoms with E-state index in [4.69, 9.17) is 18.0 Å². The molecule has 0 amide bonds. The fourth-order valence-corrected chi connectivity index (χ4v) is 2.58. The summed E-state index contributed by atoms with van der Waals surface area (Å²) in [6.07, 6.45) is 0.927. The topological polar surface area (TPSA) is 75.9 Å². The first-order valence-electron chi connectivity index (χ1n) is 4.83. The first-order valence-corrected chi connectivity index (χ1v) is 7.21. The first kappa shape index (κ1) is 13.5. The molecule has 1 aromatic heterocycles. The Hall–Kier alpha value is -0.600. The number of hydrogen-bond acceptors (Lipinski definition) is 6. The Morgan fingerprint density at radius 2 is 2.31 bits per heavy atom. The molecule has 0 saturated heterocycles. The maximum Gasteiger partial charge on any atom is 0.203 e. The highest BCUT2D eigenvalue weighted by atomic mass is 32.2. The number of nitrogens with zero attached hydrogens (tertiary/aromatic N) is 2. The molecule has 1 rings (SSSR count). The predicted molar refractivity (Wildman–Crippen MR) is 75.0 cm³/mol. The average Bonchev–Trinajstić information content (AvgIpc) is 2.69. The Kier molecular flexibility index (Phi) is 6.43. The minimum atomic E-state index is 0.543. The summed E-state index contributed by atoms with van der Waals surface area (Å²) in [7, 11) is 1.81. The number of thiocarbonyl (C=S) groups is 1. The van der Waals surface area contributed by atoms with E-state index in [1.54, 1.807) is 0 Å². The summed E-state index contributed by atoms with van der Waals surface area (Å²) in [5, 5.41) is 15.9. The van der Waals surface area contributed by atoms with E-state index in [9.17, 15) is 0 Å². The van der Waals surface area contributed by atoms with E-state index in [2.05, 4.69) is 20.8 Å². The SMILES string of the molecule is CNC(=S)NCCSCCc1nnc(N)s1. The van der Waals surface area contributed by atoms with Crippen molar-refractivity contribution in [3.63, 3.8) is 0 Å². The molecule has 16 heavy (non-hydrogen) atoms. The van der Waals surface area contributed by atoms with Gasteiger partial charge in [0.05, 0.1) is 0 Å². The molecule has 0 radical (unpaired) electrons. The third-order valence-electron chi connectivity index (χ3n) is 1.70. The van der Waals surface area contributed by atoms with Crippen LogP contribution >= 0.6 is 35.3 Å². The van der Waals surface area contributed by atoms with E-state index >= 15 is 0 Å². The van der Waals surface area contributed by atoms with Crippen LogP contribution in [0.5, 0.6) is 0 Å². The van der Waals surface area contributed by atoms with Crippen molar-refractivity contribution in [2.24, 2.45) is 0 Å². The molecule has 5 nitrogen and oxygen atoms in total. The second kappa shape index (κ2) is 7.64. The lowest BCUT2D eigenvalue weighted by molar-refractivity contribution is 0.940. The van der Waals surface area contributed by atoms with Crippen molar-refractivity contribution in [1.29, 1.82) is 0 Å². The van der Waals surface area contributed by atoms with Gasteiger partial charge in [-0.15, -0.1) is 10.2 Å². The second-order valence-electron chi connectivity index (χ2n) is 2.90. The van der Waals surface area contributed by atoms with Crippen molar-refractivity contribution in [3.8, 4) is 0 Å². The van der Waals surface area contributed by atoms with Gasteiger partial charge in [0.1, 0.15) is 5.01 Å². The number of nitrogens with two attached hydrogens (primary N) is 1. The normalized spacial score (nSPS) is 10.1. The number of aryl methyl sites for hydroxylation is 1. The number of hydrogen-bond donors (Lipinski definition) is 3. The molecule has 1 heterocycles. The lowest BCUT2D eigenvalue weighted by Gasteiger charge is -2.05. The van der Waals surface area contributed by atoms with Crippen LogP contribution < -0.4 is 16.4 Å². The molecule has 0 aromatic carbocycles. The molecule has 0 unspecified atom stereocenters. The molecule has 0 aliphatic heterocycles. The summed E-state index contributed by atoms with van der Waals surface area (Å²) in [5.41, 5.74) is 5.49. The molecular formula is C8H15N5S3. The second-order valence-corrected chi connectivity index (χ2v) is 5.63. The predicted octanol–water partition coefficient (Wildman–Crippen LogP) is 0.490. The van der Waals surface area contributed by atoms with Crippen molar-refractivity contribution in [3.05, 3.63) is 5.01 Å². The summed E-state index contributed by atoms with van der Waals surface area (Å²) in [6.45, 7) is 0.878. The van der Waals surface area contributed by atoms with Gasteiger partial charge in [-0.1, -0.05) is 11.3 Å². The number of nitrogens with one attached hydrogen (secondary N) is 2. The Bertz CT molecular complexity index is 327. The van der Waals surface area contributed by atoms with E-state index in [1.165, 1.54) is 11.3 Å². The van der Waals surface area contributed by atoms with Gasteiger partial charge in [-0.2, -0.15) is 11.8 Å². The Morgan fingerprint density at radius 1 is 1.50 bits per heavy atom. The first-order chi connectivity index (χ1) is 7.72. The molecule has 0 spiro atoms. The Morgan fingerprint density at radius 3 is 2.94 bits per heavy atom. The molecule has 0 atom stereocenters. The van der Waals surface area contributed by atoms with Crippen molar-refractivity contribution >= 4 is 45.6 Å². The summed E-state index contributed by atoms with van der Waals surface area (Å²) in [5.74, 6) is 2.05. The average molecular weight is 277 g/mol. The van der Waals surface area contributed by atoms with Gasteiger partial charge in [0.2, 0.25) is 5.13 Å². The van der Waals surface area contributed by atoms with Crippen molar-refractivity contribution in [1.82, 2.24) is 20.8 Å². The van der Waals surface area contributed by atoms with E-state index in [0.29, 0.717) is 10.2 Å². The van der Waals surface area contributed by atoms with Crippen LogP contribution in [0.15, 0.2) is 0 Å². The number of thioether (sulfide) groups is 1. The van der Waals surface area contributed by atoms with Crippen LogP contribution in [0.25, 0.3) is 0 Å². The molecule has 0 aliphatic rings. The summed E-state index contributed by atoms with van der Waals surface area (Å²) >= 11 is 8.26. The third kappa shape index (κ3) is 5.47. The van der Waals surface area contributed by atoms with Gasteiger partial charge < -0.3 is 16.4 Å². The van der Waals surface area contributed by atoms with Gasteiger partial charge in [0.15, 0.2) is 5.11 Å². The summed E-state index contributed by atoms with van der Waals surface area (Å²) < 4.78 is 0. The number of anilines is 1. The van der Waals surface area contributed by atoms with E-state index in [0.717, 1.165) is 29.5 Å². The van der Waals surface area contributed by atoms with Gasteiger partial charge in [-0.3, -0.25) is 0 Å². The third-order valence-corrected chi connectivity index (χ3v) is 3.85. The minimum absolute atomic E-state index is 0.543. The molecule has 0 aliphatic carbocycles. The van der Waals surface area contributed by atoms with Gasteiger partial charge in [0, 0.05) is 25.8 Å². The highest BCUT2D eigenvalue weighted by molar-refractivity contribution is 7.99. The van der Waals surface area contributed by atoms with E-state index in [-0.39, 0.29) is 0 Å². The zero-order valence-corrected chi connectivity index (χ0v) is 11.5. The van der Waals surface area contributed by atoms with Crippen LogP contribution in [0.1, 0.15) is 5.01 Å². The van der Waals surface area contributed by atoms with Crippen molar-refractivity contribution in [2.75, 3.05) is 30.8 Å². The van der Waals surface area contributed by atoms with Crippen LogP contribution in [-0.4, -0.2) is 40.4 Å². The standard InChI is InChI=1S/C8H15N5S3/c1-10-8(14)11-3-5-15-4-2-6-12-13-7(9)16-6/h2-5H2,1H3,(H2,9,13)(H2,10,11,14). The van der Waals surface area contributed by atoms with Gasteiger partial charge in [-0.25, -0.2) is 0 Å². The zero-order chi connectivity index (χ0) is 11.8. The van der Waals surface area contributed by atoms with E-state index < -0.39 is 0 Å². The van der Waals surface area contributed by atoms with Crippen LogP contribution in [0.3, 0.4) is 0 Å². The quantitative estimate of drug-likeness (QED) is 0.516. The summed E-state index contributed by atoms with van der Waals surface area (Å²) in [6, 6.07) is 0. The van der Waals surface area contributed by atoms with Crippen molar-refractivity contribution < 1.29 is 0 Å². The molecular weight excluding hydrogens is 262 g/mol. The zero-order valence-electron chi connectivity index (χ0n) is 9.02. The molecule has 4 N–H and O–H groups in total. The summed E-state index contributed by atoms with van der Waals surface area (Å²) in [4.78, 5) is 0. The van der Waals surface area contributed by atoms with Crippen LogP contribution in [-0.2, 0) is 6.42 Å². The van der Waals surface area contributed by atoms with Crippen LogP contribution in [0.4, 0.5) is 5.13 Å². The van der Waals surface area contributed by atoms with E-state index in [1.807, 2.05) is 18.8 Å². The number of nitrogen functional groups attached to an aromatic ring is 1. The van der Waals surface area contributed by atoms with Crippen molar-refractivity contribution in [2.45, 2.75) is 6.42 Å². The maximum absolute atomic E-state index is 5.49. The highest BCUT2D eigenvalue weighted by Gasteiger charge is 2.00. The molecule has 90 valence electrons. The molecule has 0 fully saturated rings. The van der Waals surface area contributed by atoms with Gasteiger partial charge in [-0.05, 0) is 18.0 Å². The van der Waals surface area contributed by atoms with Gasteiger partial charge in [0.25, 0.3) is 0 Å². The van der Waals surface area contributed by atoms with Crippen LogP contribution in [0, 0.1) is 0 Å². The molecule has 0 bridgehead atoms. The maximum atomic E-state index is 5.49. The monoisotopic (exact) mass is 277 g/mol.